The van der Waals surface area contributed by atoms with E-state index in [9.17, 15) is 9.59 Å². The molecule has 3 aromatic heterocycles. The molecule has 1 saturated carbocycles. The van der Waals surface area contributed by atoms with Gasteiger partial charge in [-0.1, -0.05) is 31.5 Å². The van der Waals surface area contributed by atoms with E-state index in [4.69, 9.17) is 0 Å². The Hall–Kier alpha value is -2.42. The highest BCUT2D eigenvalue weighted by molar-refractivity contribution is 7.98. The molecule has 3 aromatic rings. The average Bonchev–Trinajstić information content (AvgIpc) is 3.30. The van der Waals surface area contributed by atoms with Crippen molar-refractivity contribution in [1.29, 1.82) is 0 Å². The molecule has 0 aromatic carbocycles. The molecule has 4 rings (SSSR count). The summed E-state index contributed by atoms with van der Waals surface area (Å²) >= 11 is 1.42. The van der Waals surface area contributed by atoms with Crippen LogP contribution in [0.3, 0.4) is 0 Å². The molecular weight excluding hydrogens is 364 g/mol. The Morgan fingerprint density at radius 1 is 1.22 bits per heavy atom. The summed E-state index contributed by atoms with van der Waals surface area (Å²) in [5.41, 5.74) is 0.280. The lowest BCUT2D eigenvalue weighted by molar-refractivity contribution is 0.432. The first-order chi connectivity index (χ1) is 13.1. The summed E-state index contributed by atoms with van der Waals surface area (Å²) in [4.78, 5) is 34.0. The van der Waals surface area contributed by atoms with Crippen molar-refractivity contribution in [2.24, 2.45) is 0 Å². The Kier molecular flexibility index (Phi) is 4.86. The molecule has 0 unspecified atom stereocenters. The number of thioether (sulfide) groups is 1. The van der Waals surface area contributed by atoms with E-state index in [1.54, 1.807) is 26.3 Å². The van der Waals surface area contributed by atoms with E-state index in [-0.39, 0.29) is 17.2 Å². The lowest BCUT2D eigenvalue weighted by Crippen LogP contribution is -2.29. The van der Waals surface area contributed by atoms with Gasteiger partial charge in [0.25, 0.3) is 11.1 Å². The number of hydrogen-bond donors (Lipinski definition) is 0. The zero-order valence-corrected chi connectivity index (χ0v) is 16.3. The first kappa shape index (κ1) is 18.0. The van der Waals surface area contributed by atoms with E-state index in [0.717, 1.165) is 32.1 Å². The van der Waals surface area contributed by atoms with Crippen molar-refractivity contribution in [3.05, 3.63) is 39.0 Å². The lowest BCUT2D eigenvalue weighted by atomic mass is 10.2. The monoisotopic (exact) mass is 386 g/mol. The normalized spacial score (nSPS) is 15.0. The van der Waals surface area contributed by atoms with E-state index >= 15 is 0 Å². The zero-order valence-electron chi connectivity index (χ0n) is 15.5. The summed E-state index contributed by atoms with van der Waals surface area (Å²) in [6, 6.07) is 3.32. The van der Waals surface area contributed by atoms with Crippen LogP contribution in [0.4, 0.5) is 0 Å². The van der Waals surface area contributed by atoms with Gasteiger partial charge >= 0.3 is 0 Å². The van der Waals surface area contributed by atoms with Gasteiger partial charge in [-0.2, -0.15) is 0 Å². The van der Waals surface area contributed by atoms with Crippen LogP contribution in [0, 0.1) is 0 Å². The maximum absolute atomic E-state index is 12.9. The predicted molar refractivity (Wildman–Crippen MR) is 105 cm³/mol. The standard InChI is InChI=1S/C18H22N6O2S/c1-3-10-22-17(26)13-11-19-18(27-2)20-16(13)24(22)14-8-9-15(25)23(21-14)12-6-4-5-7-12/h8-9,11-12H,3-7,10H2,1-2H3. The van der Waals surface area contributed by atoms with Gasteiger partial charge in [-0.15, -0.1) is 5.10 Å². The highest BCUT2D eigenvalue weighted by atomic mass is 32.2. The Labute approximate surface area is 160 Å². The molecule has 0 saturated heterocycles. The average molecular weight is 386 g/mol. The van der Waals surface area contributed by atoms with Crippen molar-refractivity contribution in [1.82, 2.24) is 29.1 Å². The number of nitrogens with zero attached hydrogens (tertiary/aromatic N) is 6. The minimum Gasteiger partial charge on any atom is -0.268 e. The molecular formula is C18H22N6O2S. The molecule has 0 radical (unpaired) electrons. The third-order valence-electron chi connectivity index (χ3n) is 4.97. The van der Waals surface area contributed by atoms with Crippen LogP contribution in [0.15, 0.2) is 33.1 Å². The van der Waals surface area contributed by atoms with Crippen molar-refractivity contribution < 1.29 is 0 Å². The third-order valence-corrected chi connectivity index (χ3v) is 5.53. The molecule has 0 spiro atoms. The molecule has 0 amide bonds. The molecule has 1 aliphatic rings. The van der Waals surface area contributed by atoms with Crippen LogP contribution < -0.4 is 11.1 Å². The first-order valence-electron chi connectivity index (χ1n) is 9.27. The Morgan fingerprint density at radius 2 is 2.00 bits per heavy atom. The van der Waals surface area contributed by atoms with Crippen molar-refractivity contribution in [2.75, 3.05) is 6.26 Å². The highest BCUT2D eigenvalue weighted by Gasteiger charge is 2.22. The quantitative estimate of drug-likeness (QED) is 0.494. The molecule has 0 aliphatic heterocycles. The van der Waals surface area contributed by atoms with Crippen LogP contribution in [-0.2, 0) is 6.54 Å². The Morgan fingerprint density at radius 3 is 2.70 bits per heavy atom. The van der Waals surface area contributed by atoms with E-state index in [1.807, 2.05) is 13.2 Å². The van der Waals surface area contributed by atoms with Gasteiger partial charge in [-0.25, -0.2) is 24.0 Å². The Bertz CT molecular complexity index is 1090. The summed E-state index contributed by atoms with van der Waals surface area (Å²) in [5.74, 6) is 0.535. The molecule has 0 N–H and O–H groups in total. The van der Waals surface area contributed by atoms with Crippen molar-refractivity contribution >= 4 is 22.8 Å². The summed E-state index contributed by atoms with van der Waals surface area (Å²) in [7, 11) is 0. The van der Waals surface area contributed by atoms with Crippen LogP contribution in [0.25, 0.3) is 16.9 Å². The second-order valence-corrected chi connectivity index (χ2v) is 7.52. The third kappa shape index (κ3) is 3.09. The molecule has 9 heteroatoms. The molecule has 27 heavy (non-hydrogen) atoms. The maximum atomic E-state index is 12.9. The first-order valence-corrected chi connectivity index (χ1v) is 10.5. The van der Waals surface area contributed by atoms with Crippen LogP contribution in [-0.4, -0.2) is 35.4 Å². The minimum atomic E-state index is -0.139. The van der Waals surface area contributed by atoms with Crippen LogP contribution in [0.2, 0.25) is 0 Å². The fourth-order valence-corrected chi connectivity index (χ4v) is 4.03. The SMILES string of the molecule is CCCn1c(=O)c2cnc(SC)nc2n1-c1ccc(=O)n(C2CCCC2)n1. The second-order valence-electron chi connectivity index (χ2n) is 6.75. The van der Waals surface area contributed by atoms with E-state index in [0.29, 0.717) is 28.6 Å². The van der Waals surface area contributed by atoms with E-state index < -0.39 is 0 Å². The lowest BCUT2D eigenvalue weighted by Gasteiger charge is -2.15. The number of aromatic nitrogens is 6. The van der Waals surface area contributed by atoms with E-state index in [2.05, 4.69) is 15.1 Å². The second kappa shape index (κ2) is 7.30. The molecule has 1 fully saturated rings. The molecule has 142 valence electrons. The summed E-state index contributed by atoms with van der Waals surface area (Å²) in [6.07, 6.45) is 8.41. The smallest absolute Gasteiger partial charge is 0.268 e. The molecule has 3 heterocycles. The molecule has 0 bridgehead atoms. The molecule has 8 nitrogen and oxygen atoms in total. The molecule has 0 atom stereocenters. The molecule has 1 aliphatic carbocycles. The Balaban J connectivity index is 1.97. The predicted octanol–water partition coefficient (Wildman–Crippen LogP) is 2.39. The number of rotatable bonds is 5. The van der Waals surface area contributed by atoms with Crippen molar-refractivity contribution in [2.45, 2.75) is 56.8 Å². The van der Waals surface area contributed by atoms with Gasteiger partial charge in [-0.05, 0) is 31.6 Å². The minimum absolute atomic E-state index is 0.106. The summed E-state index contributed by atoms with van der Waals surface area (Å²) in [6.45, 7) is 2.55. The highest BCUT2D eigenvalue weighted by Crippen LogP contribution is 2.27. The number of hydrogen-bond acceptors (Lipinski definition) is 6. The van der Waals surface area contributed by atoms with E-state index in [1.165, 1.54) is 17.8 Å². The van der Waals surface area contributed by atoms with Gasteiger partial charge in [0.1, 0.15) is 5.39 Å². The maximum Gasteiger partial charge on any atom is 0.278 e. The fraction of sp³-hybridized carbons (Fsp3) is 0.500. The fourth-order valence-electron chi connectivity index (χ4n) is 3.70. The van der Waals surface area contributed by atoms with Gasteiger partial charge in [0.05, 0.1) is 6.04 Å². The zero-order chi connectivity index (χ0) is 19.0. The van der Waals surface area contributed by atoms with Crippen molar-refractivity contribution in [3.63, 3.8) is 0 Å². The van der Waals surface area contributed by atoms with Crippen LogP contribution in [0.5, 0.6) is 0 Å². The largest absolute Gasteiger partial charge is 0.278 e. The van der Waals surface area contributed by atoms with Crippen LogP contribution >= 0.6 is 11.8 Å². The van der Waals surface area contributed by atoms with Gasteiger partial charge in [0.2, 0.25) is 0 Å². The summed E-state index contributed by atoms with van der Waals surface area (Å²) in [5, 5.41) is 5.68. The van der Waals surface area contributed by atoms with Gasteiger partial charge in [-0.3, -0.25) is 9.59 Å². The topological polar surface area (TPSA) is 87.6 Å². The van der Waals surface area contributed by atoms with Crippen LogP contribution in [0.1, 0.15) is 45.1 Å². The van der Waals surface area contributed by atoms with Gasteiger partial charge in [0.15, 0.2) is 16.6 Å². The number of fused-ring (bicyclic) bond motifs is 1. The van der Waals surface area contributed by atoms with Gasteiger partial charge < -0.3 is 0 Å². The summed E-state index contributed by atoms with van der Waals surface area (Å²) < 4.78 is 4.94. The van der Waals surface area contributed by atoms with Gasteiger partial charge in [0, 0.05) is 18.8 Å². The van der Waals surface area contributed by atoms with Crippen molar-refractivity contribution in [3.8, 4) is 5.82 Å².